The van der Waals surface area contributed by atoms with Crippen molar-refractivity contribution in [2.75, 3.05) is 29.9 Å². The Morgan fingerprint density at radius 1 is 1.56 bits per heavy atom. The molecule has 0 spiro atoms. The lowest BCUT2D eigenvalue weighted by Crippen LogP contribution is -2.25. The molecule has 3 nitrogen and oxygen atoms in total. The van der Waals surface area contributed by atoms with Crippen molar-refractivity contribution in [1.82, 2.24) is 5.32 Å². The van der Waals surface area contributed by atoms with Gasteiger partial charge in [0, 0.05) is 30.1 Å². The van der Waals surface area contributed by atoms with Crippen LogP contribution in [0.2, 0.25) is 0 Å². The third kappa shape index (κ3) is 3.21. The predicted octanol–water partition coefficient (Wildman–Crippen LogP) is 1.75. The third-order valence-corrected chi connectivity index (χ3v) is 3.66. The quantitative estimate of drug-likeness (QED) is 0.626. The normalized spacial score (nSPS) is 12.4. The smallest absolute Gasteiger partial charge is 0.251 e. The van der Waals surface area contributed by atoms with Crippen LogP contribution in [0.4, 0.5) is 5.69 Å². The second kappa shape index (κ2) is 6.36. The summed E-state index contributed by atoms with van der Waals surface area (Å²) in [6.45, 7) is 1.61. The number of amides is 1. The van der Waals surface area contributed by atoms with Crippen molar-refractivity contribution in [3.05, 3.63) is 29.3 Å². The van der Waals surface area contributed by atoms with Gasteiger partial charge in [-0.3, -0.25) is 4.79 Å². The van der Waals surface area contributed by atoms with Gasteiger partial charge in [0.15, 0.2) is 0 Å². The molecule has 1 heterocycles. The van der Waals surface area contributed by atoms with Gasteiger partial charge in [-0.2, -0.15) is 0 Å². The van der Waals surface area contributed by atoms with E-state index in [9.17, 15) is 4.79 Å². The van der Waals surface area contributed by atoms with Gasteiger partial charge in [0.05, 0.1) is 5.75 Å². The predicted molar refractivity (Wildman–Crippen MR) is 77.1 cm³/mol. The van der Waals surface area contributed by atoms with Crippen molar-refractivity contribution in [3.63, 3.8) is 0 Å². The van der Waals surface area contributed by atoms with Crippen LogP contribution in [0, 0.1) is 12.3 Å². The van der Waals surface area contributed by atoms with E-state index in [2.05, 4.69) is 16.6 Å². The maximum absolute atomic E-state index is 11.9. The number of hydrogen-bond donors (Lipinski definition) is 2. The van der Waals surface area contributed by atoms with Crippen molar-refractivity contribution < 1.29 is 4.79 Å². The Hall–Kier alpha value is -1.60. The van der Waals surface area contributed by atoms with Crippen LogP contribution in [0.5, 0.6) is 0 Å². The first kappa shape index (κ1) is 12.8. The van der Waals surface area contributed by atoms with E-state index in [0.717, 1.165) is 30.0 Å². The van der Waals surface area contributed by atoms with Crippen LogP contribution in [0.1, 0.15) is 15.9 Å². The molecule has 0 aromatic heterocycles. The lowest BCUT2D eigenvalue weighted by atomic mass is 10.1. The number of terminal acetylenes is 1. The van der Waals surface area contributed by atoms with Crippen LogP contribution >= 0.6 is 11.8 Å². The number of hydrogen-bond acceptors (Lipinski definition) is 3. The van der Waals surface area contributed by atoms with Gasteiger partial charge in [-0.15, -0.1) is 18.2 Å². The molecule has 2 rings (SSSR count). The summed E-state index contributed by atoms with van der Waals surface area (Å²) >= 11 is 1.65. The van der Waals surface area contributed by atoms with E-state index in [-0.39, 0.29) is 5.91 Å². The highest BCUT2D eigenvalue weighted by Gasteiger charge is 2.12. The van der Waals surface area contributed by atoms with Gasteiger partial charge in [0.25, 0.3) is 5.91 Å². The highest BCUT2D eigenvalue weighted by molar-refractivity contribution is 7.99. The monoisotopic (exact) mass is 260 g/mol. The van der Waals surface area contributed by atoms with Gasteiger partial charge in [0.2, 0.25) is 0 Å². The Kier molecular flexibility index (Phi) is 4.54. The zero-order valence-electron chi connectivity index (χ0n) is 10.2. The molecular weight excluding hydrogens is 244 g/mol. The molecule has 0 radical (unpaired) electrons. The Morgan fingerprint density at radius 3 is 3.28 bits per heavy atom. The van der Waals surface area contributed by atoms with Crippen LogP contribution in [-0.4, -0.2) is 30.5 Å². The number of fused-ring (bicyclic) bond motifs is 1. The number of anilines is 1. The standard InChI is InChI=1S/C14H16N2OS/c1-2-8-18-9-7-16-14(17)12-3-4-13-11(10-12)5-6-15-13/h1,3-4,10,15H,5-9H2,(H,16,17). The van der Waals surface area contributed by atoms with Crippen LogP contribution in [0.3, 0.4) is 0 Å². The zero-order valence-corrected chi connectivity index (χ0v) is 11.0. The molecule has 4 heteroatoms. The topological polar surface area (TPSA) is 41.1 Å². The van der Waals surface area contributed by atoms with Crippen LogP contribution < -0.4 is 10.6 Å². The van der Waals surface area contributed by atoms with Gasteiger partial charge in [-0.05, 0) is 30.2 Å². The molecule has 0 atom stereocenters. The molecule has 2 N–H and O–H groups in total. The third-order valence-electron chi connectivity index (χ3n) is 2.79. The molecule has 1 aromatic rings. The highest BCUT2D eigenvalue weighted by atomic mass is 32.2. The minimum Gasteiger partial charge on any atom is -0.384 e. The van der Waals surface area contributed by atoms with Crippen LogP contribution in [0.25, 0.3) is 0 Å². The maximum atomic E-state index is 11.9. The number of rotatable bonds is 5. The molecule has 0 saturated heterocycles. The molecule has 1 aromatic carbocycles. The van der Waals surface area contributed by atoms with E-state index in [4.69, 9.17) is 6.42 Å². The molecule has 1 aliphatic rings. The van der Waals surface area contributed by atoms with E-state index in [1.54, 1.807) is 11.8 Å². The number of benzene rings is 1. The first-order chi connectivity index (χ1) is 8.81. The number of nitrogens with one attached hydrogen (secondary N) is 2. The highest BCUT2D eigenvalue weighted by Crippen LogP contribution is 2.22. The Morgan fingerprint density at radius 2 is 2.44 bits per heavy atom. The summed E-state index contributed by atoms with van der Waals surface area (Å²) in [6, 6.07) is 5.81. The maximum Gasteiger partial charge on any atom is 0.251 e. The SMILES string of the molecule is C#CCSCCNC(=O)c1ccc2c(c1)CCN2. The summed E-state index contributed by atoms with van der Waals surface area (Å²) in [6.07, 6.45) is 6.14. The molecule has 0 bridgehead atoms. The van der Waals surface area contributed by atoms with Crippen molar-refractivity contribution in [1.29, 1.82) is 0 Å². The first-order valence-corrected chi connectivity index (χ1v) is 7.13. The van der Waals surface area contributed by atoms with E-state index >= 15 is 0 Å². The average molecular weight is 260 g/mol. The van der Waals surface area contributed by atoms with Crippen molar-refractivity contribution >= 4 is 23.4 Å². The van der Waals surface area contributed by atoms with E-state index < -0.39 is 0 Å². The average Bonchev–Trinajstić information content (AvgIpc) is 2.85. The molecule has 94 valence electrons. The largest absolute Gasteiger partial charge is 0.384 e. The molecule has 0 saturated carbocycles. The number of carbonyl (C=O) groups is 1. The molecule has 0 fully saturated rings. The first-order valence-electron chi connectivity index (χ1n) is 5.97. The molecule has 0 aliphatic carbocycles. The minimum atomic E-state index is -0.00833. The summed E-state index contributed by atoms with van der Waals surface area (Å²) < 4.78 is 0. The van der Waals surface area contributed by atoms with Crippen molar-refractivity contribution in [2.45, 2.75) is 6.42 Å². The van der Waals surface area contributed by atoms with E-state index in [0.29, 0.717) is 12.3 Å². The Balaban J connectivity index is 1.84. The molecule has 0 unspecified atom stereocenters. The number of thioether (sulfide) groups is 1. The Bertz CT molecular complexity index is 479. The second-order valence-electron chi connectivity index (χ2n) is 4.06. The van der Waals surface area contributed by atoms with Gasteiger partial charge in [-0.25, -0.2) is 0 Å². The lowest BCUT2D eigenvalue weighted by Gasteiger charge is -2.06. The van der Waals surface area contributed by atoms with Crippen LogP contribution in [0.15, 0.2) is 18.2 Å². The summed E-state index contributed by atoms with van der Waals surface area (Å²) in [7, 11) is 0. The zero-order chi connectivity index (χ0) is 12.8. The fraction of sp³-hybridized carbons (Fsp3) is 0.357. The van der Waals surface area contributed by atoms with Crippen molar-refractivity contribution in [2.24, 2.45) is 0 Å². The fourth-order valence-electron chi connectivity index (χ4n) is 1.92. The van der Waals surface area contributed by atoms with Gasteiger partial charge in [0.1, 0.15) is 0 Å². The second-order valence-corrected chi connectivity index (χ2v) is 5.17. The lowest BCUT2D eigenvalue weighted by molar-refractivity contribution is 0.0956. The van der Waals surface area contributed by atoms with E-state index in [1.807, 2.05) is 18.2 Å². The minimum absolute atomic E-state index is 0.00833. The number of carbonyl (C=O) groups excluding carboxylic acids is 1. The van der Waals surface area contributed by atoms with E-state index in [1.165, 1.54) is 5.56 Å². The molecular formula is C14H16N2OS. The van der Waals surface area contributed by atoms with Crippen LogP contribution in [-0.2, 0) is 6.42 Å². The molecule has 1 amide bonds. The van der Waals surface area contributed by atoms with Crippen molar-refractivity contribution in [3.8, 4) is 12.3 Å². The summed E-state index contributed by atoms with van der Waals surface area (Å²) in [5.74, 6) is 4.10. The van der Waals surface area contributed by atoms with Gasteiger partial charge < -0.3 is 10.6 Å². The Labute approximate surface area is 112 Å². The molecule has 18 heavy (non-hydrogen) atoms. The fourth-order valence-corrected chi connectivity index (χ4v) is 2.42. The summed E-state index contributed by atoms with van der Waals surface area (Å²) in [5, 5.41) is 6.18. The summed E-state index contributed by atoms with van der Waals surface area (Å²) in [4.78, 5) is 11.9. The van der Waals surface area contributed by atoms with Gasteiger partial charge >= 0.3 is 0 Å². The summed E-state index contributed by atoms with van der Waals surface area (Å²) in [5.41, 5.74) is 3.11. The van der Waals surface area contributed by atoms with Gasteiger partial charge in [-0.1, -0.05) is 5.92 Å². The molecule has 1 aliphatic heterocycles.